The predicted molar refractivity (Wildman–Crippen MR) is 93.0 cm³/mol. The zero-order valence-electron chi connectivity index (χ0n) is 13.3. The smallest absolute Gasteiger partial charge is 0.251 e. The SMILES string of the molecule is CC(C)=CCOc1cccc(C(=O)NCC(O)c2ccsc2)c1. The van der Waals surface area contributed by atoms with Crippen LogP contribution in [0.4, 0.5) is 0 Å². The maximum Gasteiger partial charge on any atom is 0.251 e. The number of nitrogens with one attached hydrogen (secondary N) is 1. The fourth-order valence-corrected chi connectivity index (χ4v) is 2.61. The number of ether oxygens (including phenoxy) is 1. The molecule has 2 N–H and O–H groups in total. The molecule has 2 aromatic rings. The van der Waals surface area contributed by atoms with E-state index >= 15 is 0 Å². The minimum atomic E-state index is -0.692. The minimum Gasteiger partial charge on any atom is -0.490 e. The number of aliphatic hydroxyl groups excluding tert-OH is 1. The molecule has 0 fully saturated rings. The largest absolute Gasteiger partial charge is 0.490 e. The third-order valence-electron chi connectivity index (χ3n) is 3.22. The lowest BCUT2D eigenvalue weighted by Gasteiger charge is -2.11. The summed E-state index contributed by atoms with van der Waals surface area (Å²) in [7, 11) is 0. The first kappa shape index (κ1) is 17.2. The van der Waals surface area contributed by atoms with Gasteiger partial charge in [-0.15, -0.1) is 0 Å². The van der Waals surface area contributed by atoms with Crippen molar-refractivity contribution in [3.8, 4) is 5.75 Å². The third kappa shape index (κ3) is 5.54. The van der Waals surface area contributed by atoms with Crippen molar-refractivity contribution in [3.05, 3.63) is 63.9 Å². The zero-order chi connectivity index (χ0) is 16.7. The average molecular weight is 331 g/mol. The number of carbonyl (C=O) groups excluding carboxylic acids is 1. The Morgan fingerprint density at radius 2 is 2.22 bits per heavy atom. The Hall–Kier alpha value is -2.11. The Labute approximate surface area is 140 Å². The van der Waals surface area contributed by atoms with Gasteiger partial charge in [0.1, 0.15) is 12.4 Å². The van der Waals surface area contributed by atoms with Crippen molar-refractivity contribution in [1.82, 2.24) is 5.32 Å². The number of thiophene rings is 1. The number of carbonyl (C=O) groups is 1. The van der Waals surface area contributed by atoms with E-state index in [1.54, 1.807) is 18.2 Å². The Morgan fingerprint density at radius 3 is 2.91 bits per heavy atom. The first-order valence-electron chi connectivity index (χ1n) is 7.41. The van der Waals surface area contributed by atoms with E-state index in [2.05, 4.69) is 5.32 Å². The van der Waals surface area contributed by atoms with Gasteiger partial charge in [-0.1, -0.05) is 11.6 Å². The second kappa shape index (κ2) is 8.50. The van der Waals surface area contributed by atoms with Crippen LogP contribution >= 0.6 is 11.3 Å². The van der Waals surface area contributed by atoms with Gasteiger partial charge < -0.3 is 15.2 Å². The summed E-state index contributed by atoms with van der Waals surface area (Å²) in [6.45, 7) is 4.67. The Balaban J connectivity index is 1.90. The summed E-state index contributed by atoms with van der Waals surface area (Å²) in [5.41, 5.74) is 2.51. The monoisotopic (exact) mass is 331 g/mol. The summed E-state index contributed by atoms with van der Waals surface area (Å²) in [6, 6.07) is 8.86. The van der Waals surface area contributed by atoms with Gasteiger partial charge in [0, 0.05) is 12.1 Å². The first-order chi connectivity index (χ1) is 11.1. The number of benzene rings is 1. The lowest BCUT2D eigenvalue weighted by molar-refractivity contribution is 0.0916. The van der Waals surface area contributed by atoms with Crippen LogP contribution in [0.25, 0.3) is 0 Å². The topological polar surface area (TPSA) is 58.6 Å². The van der Waals surface area contributed by atoms with Crippen molar-refractivity contribution in [2.24, 2.45) is 0 Å². The molecular weight excluding hydrogens is 310 g/mol. The molecule has 1 aromatic carbocycles. The summed E-state index contributed by atoms with van der Waals surface area (Å²) in [5, 5.41) is 16.5. The fourth-order valence-electron chi connectivity index (χ4n) is 1.91. The van der Waals surface area contributed by atoms with Crippen molar-refractivity contribution in [1.29, 1.82) is 0 Å². The molecule has 0 aliphatic carbocycles. The van der Waals surface area contributed by atoms with E-state index in [1.165, 1.54) is 16.9 Å². The van der Waals surface area contributed by atoms with Crippen LogP contribution in [-0.2, 0) is 0 Å². The van der Waals surface area contributed by atoms with Crippen LogP contribution in [-0.4, -0.2) is 24.2 Å². The zero-order valence-corrected chi connectivity index (χ0v) is 14.1. The van der Waals surface area contributed by atoms with E-state index in [1.807, 2.05) is 42.8 Å². The Bertz CT molecular complexity index is 661. The van der Waals surface area contributed by atoms with Gasteiger partial charge in [0.2, 0.25) is 0 Å². The molecule has 0 radical (unpaired) electrons. The Kier molecular flexibility index (Phi) is 6.38. The van der Waals surface area contributed by atoms with Crippen LogP contribution in [0.15, 0.2) is 52.7 Å². The van der Waals surface area contributed by atoms with E-state index in [9.17, 15) is 9.90 Å². The molecule has 1 amide bonds. The standard InChI is InChI=1S/C18H21NO3S/c1-13(2)6-8-22-16-5-3-4-14(10-16)18(21)19-11-17(20)15-7-9-23-12-15/h3-7,9-10,12,17,20H,8,11H2,1-2H3,(H,19,21). The van der Waals surface area contributed by atoms with Gasteiger partial charge >= 0.3 is 0 Å². The van der Waals surface area contributed by atoms with E-state index < -0.39 is 6.10 Å². The van der Waals surface area contributed by atoms with Crippen molar-refractivity contribution >= 4 is 17.2 Å². The molecule has 0 saturated heterocycles. The van der Waals surface area contributed by atoms with Gasteiger partial charge in [-0.2, -0.15) is 11.3 Å². The molecule has 122 valence electrons. The molecule has 1 heterocycles. The van der Waals surface area contributed by atoms with E-state index in [4.69, 9.17) is 4.74 Å². The maximum absolute atomic E-state index is 12.2. The molecule has 5 heteroatoms. The number of amides is 1. The van der Waals surface area contributed by atoms with Gasteiger partial charge in [-0.25, -0.2) is 0 Å². The van der Waals surface area contributed by atoms with Crippen molar-refractivity contribution in [2.45, 2.75) is 20.0 Å². The van der Waals surface area contributed by atoms with Crippen molar-refractivity contribution in [2.75, 3.05) is 13.2 Å². The molecule has 23 heavy (non-hydrogen) atoms. The normalized spacial score (nSPS) is 11.6. The van der Waals surface area contributed by atoms with E-state index in [0.29, 0.717) is 17.9 Å². The predicted octanol–water partition coefficient (Wildman–Crippen LogP) is 3.56. The molecule has 4 nitrogen and oxygen atoms in total. The second-order valence-electron chi connectivity index (χ2n) is 5.40. The molecule has 0 spiro atoms. The highest BCUT2D eigenvalue weighted by molar-refractivity contribution is 7.07. The van der Waals surface area contributed by atoms with Gasteiger partial charge in [0.25, 0.3) is 5.91 Å². The van der Waals surface area contributed by atoms with Gasteiger partial charge in [0.05, 0.1) is 6.10 Å². The molecule has 0 bridgehead atoms. The highest BCUT2D eigenvalue weighted by Crippen LogP contribution is 2.16. The van der Waals surface area contributed by atoms with Gasteiger partial charge in [-0.05, 0) is 60.5 Å². The lowest BCUT2D eigenvalue weighted by Crippen LogP contribution is -2.28. The third-order valence-corrected chi connectivity index (χ3v) is 3.92. The van der Waals surface area contributed by atoms with Crippen LogP contribution < -0.4 is 10.1 Å². The number of rotatable bonds is 7. The Morgan fingerprint density at radius 1 is 1.39 bits per heavy atom. The average Bonchev–Trinajstić information content (AvgIpc) is 3.06. The second-order valence-corrected chi connectivity index (χ2v) is 6.18. The quantitative estimate of drug-likeness (QED) is 0.763. The number of aliphatic hydroxyl groups is 1. The fraction of sp³-hybridized carbons (Fsp3) is 0.278. The molecule has 0 aliphatic rings. The van der Waals surface area contributed by atoms with E-state index in [-0.39, 0.29) is 12.5 Å². The van der Waals surface area contributed by atoms with Gasteiger partial charge in [-0.3, -0.25) is 4.79 Å². The first-order valence-corrected chi connectivity index (χ1v) is 8.35. The van der Waals surface area contributed by atoms with Crippen LogP contribution in [0.1, 0.15) is 35.9 Å². The highest BCUT2D eigenvalue weighted by atomic mass is 32.1. The summed E-state index contributed by atoms with van der Waals surface area (Å²) in [6.07, 6.45) is 1.28. The molecular formula is C18H21NO3S. The number of hydrogen-bond acceptors (Lipinski definition) is 4. The molecule has 1 aromatic heterocycles. The summed E-state index contributed by atoms with van der Waals surface area (Å²) >= 11 is 1.52. The maximum atomic E-state index is 12.2. The highest BCUT2D eigenvalue weighted by Gasteiger charge is 2.11. The lowest BCUT2D eigenvalue weighted by atomic mass is 10.1. The van der Waals surface area contributed by atoms with Crippen LogP contribution in [0.3, 0.4) is 0 Å². The molecule has 1 unspecified atom stereocenters. The molecule has 2 rings (SSSR count). The van der Waals surface area contributed by atoms with Gasteiger partial charge in [0.15, 0.2) is 0 Å². The minimum absolute atomic E-state index is 0.179. The van der Waals surface area contributed by atoms with Crippen LogP contribution in [0.5, 0.6) is 5.75 Å². The van der Waals surface area contributed by atoms with Crippen LogP contribution in [0, 0.1) is 0 Å². The van der Waals surface area contributed by atoms with Crippen LogP contribution in [0.2, 0.25) is 0 Å². The molecule has 0 saturated carbocycles. The summed E-state index contributed by atoms with van der Waals surface area (Å²) in [4.78, 5) is 12.2. The molecule has 0 aliphatic heterocycles. The van der Waals surface area contributed by atoms with Crippen molar-refractivity contribution in [3.63, 3.8) is 0 Å². The van der Waals surface area contributed by atoms with E-state index in [0.717, 1.165) is 5.56 Å². The number of hydrogen-bond donors (Lipinski definition) is 2. The number of allylic oxidation sites excluding steroid dienone is 1. The summed E-state index contributed by atoms with van der Waals surface area (Å²) in [5.74, 6) is 0.417. The summed E-state index contributed by atoms with van der Waals surface area (Å²) < 4.78 is 5.59. The van der Waals surface area contributed by atoms with Crippen molar-refractivity contribution < 1.29 is 14.6 Å². The molecule has 1 atom stereocenters.